The monoisotopic (exact) mass is 446 g/mol. The van der Waals surface area contributed by atoms with Gasteiger partial charge >= 0.3 is 0 Å². The summed E-state index contributed by atoms with van der Waals surface area (Å²) in [7, 11) is 1.66. The summed E-state index contributed by atoms with van der Waals surface area (Å²) >= 11 is 0. The molecule has 0 unspecified atom stereocenters. The molecule has 1 heterocycles. The van der Waals surface area contributed by atoms with E-state index >= 15 is 0 Å². The highest BCUT2D eigenvalue weighted by atomic mass is 16.7. The first-order valence-corrected chi connectivity index (χ1v) is 11.2. The van der Waals surface area contributed by atoms with Crippen molar-refractivity contribution in [1.29, 1.82) is 0 Å². The van der Waals surface area contributed by atoms with Crippen molar-refractivity contribution < 1.29 is 23.7 Å². The zero-order valence-electron chi connectivity index (χ0n) is 18.8. The average Bonchev–Trinajstić information content (AvgIpc) is 2.88. The Labute approximate surface area is 195 Å². The predicted molar refractivity (Wildman–Crippen MR) is 127 cm³/mol. The maximum Gasteiger partial charge on any atom is 0.177 e. The second-order valence-electron chi connectivity index (χ2n) is 7.85. The molecule has 5 nitrogen and oxygen atoms in total. The molecule has 4 rings (SSSR count). The van der Waals surface area contributed by atoms with Gasteiger partial charge in [0.05, 0.1) is 33.5 Å². The summed E-state index contributed by atoms with van der Waals surface area (Å²) < 4.78 is 29.5. The number of hydrogen-bond donors (Lipinski definition) is 0. The molecule has 0 saturated heterocycles. The molecule has 3 atom stereocenters. The second-order valence-corrected chi connectivity index (χ2v) is 7.85. The molecule has 5 heteroatoms. The molecule has 0 aliphatic carbocycles. The summed E-state index contributed by atoms with van der Waals surface area (Å²) in [6.45, 7) is 1.87. The highest BCUT2D eigenvalue weighted by Crippen LogP contribution is 2.21. The number of hydrogen-bond acceptors (Lipinski definition) is 5. The van der Waals surface area contributed by atoms with Crippen LogP contribution in [0.1, 0.15) is 16.7 Å². The van der Waals surface area contributed by atoms with Gasteiger partial charge in [0.15, 0.2) is 6.29 Å². The van der Waals surface area contributed by atoms with Crippen molar-refractivity contribution in [1.82, 2.24) is 0 Å². The Kier molecular flexibility index (Phi) is 8.67. The van der Waals surface area contributed by atoms with Crippen molar-refractivity contribution in [2.45, 2.75) is 38.3 Å². The Morgan fingerprint density at radius 2 is 1.27 bits per heavy atom. The van der Waals surface area contributed by atoms with Gasteiger partial charge < -0.3 is 23.7 Å². The zero-order valence-corrected chi connectivity index (χ0v) is 18.8. The normalized spacial score (nSPS) is 20.0. The van der Waals surface area contributed by atoms with Gasteiger partial charge in [0, 0.05) is 0 Å². The fraction of sp³-hybridized carbons (Fsp3) is 0.286. The Balaban J connectivity index is 1.34. The number of methoxy groups -OCH3 is 1. The lowest BCUT2D eigenvalue weighted by atomic mass is 10.1. The van der Waals surface area contributed by atoms with Crippen LogP contribution < -0.4 is 4.74 Å². The highest BCUT2D eigenvalue weighted by molar-refractivity contribution is 5.26. The minimum Gasteiger partial charge on any atom is -0.497 e. The molecular formula is C28H30O5. The molecule has 0 aromatic heterocycles. The maximum absolute atomic E-state index is 6.21. The van der Waals surface area contributed by atoms with Crippen LogP contribution in [-0.4, -0.2) is 32.2 Å². The number of rotatable bonds is 11. The second kappa shape index (κ2) is 12.3. The molecular weight excluding hydrogens is 416 g/mol. The summed E-state index contributed by atoms with van der Waals surface area (Å²) in [6, 6.07) is 28.0. The van der Waals surface area contributed by atoms with Crippen molar-refractivity contribution in [2.75, 3.05) is 13.7 Å². The number of benzene rings is 3. The van der Waals surface area contributed by atoms with E-state index in [2.05, 4.69) is 12.1 Å². The lowest BCUT2D eigenvalue weighted by Gasteiger charge is -2.32. The van der Waals surface area contributed by atoms with Crippen molar-refractivity contribution in [3.8, 4) is 5.75 Å². The van der Waals surface area contributed by atoms with E-state index in [9.17, 15) is 0 Å². The van der Waals surface area contributed by atoms with Crippen LogP contribution in [0, 0.1) is 0 Å². The Morgan fingerprint density at radius 1 is 0.667 bits per heavy atom. The molecule has 3 aromatic carbocycles. The van der Waals surface area contributed by atoms with E-state index in [0.29, 0.717) is 26.4 Å². The third-order valence-electron chi connectivity index (χ3n) is 5.39. The fourth-order valence-electron chi connectivity index (χ4n) is 3.55. The van der Waals surface area contributed by atoms with E-state index in [1.165, 1.54) is 0 Å². The van der Waals surface area contributed by atoms with Gasteiger partial charge in [-0.1, -0.05) is 78.9 Å². The van der Waals surface area contributed by atoms with Crippen LogP contribution >= 0.6 is 0 Å². The molecule has 172 valence electrons. The van der Waals surface area contributed by atoms with Crippen molar-refractivity contribution >= 4 is 0 Å². The zero-order chi connectivity index (χ0) is 22.7. The first-order chi connectivity index (χ1) is 16.3. The van der Waals surface area contributed by atoms with Crippen LogP contribution in [0.4, 0.5) is 0 Å². The average molecular weight is 447 g/mol. The lowest BCUT2D eigenvalue weighted by molar-refractivity contribution is -0.199. The van der Waals surface area contributed by atoms with Gasteiger partial charge in [0.1, 0.15) is 18.0 Å². The van der Waals surface area contributed by atoms with Crippen LogP contribution in [0.2, 0.25) is 0 Å². The summed E-state index contributed by atoms with van der Waals surface area (Å²) in [5.41, 5.74) is 3.29. The lowest BCUT2D eigenvalue weighted by Crippen LogP contribution is -2.41. The minimum absolute atomic E-state index is 0.221. The van der Waals surface area contributed by atoms with Crippen LogP contribution in [0.25, 0.3) is 0 Å². The Bertz CT molecular complexity index is 972. The molecule has 0 saturated carbocycles. The van der Waals surface area contributed by atoms with Gasteiger partial charge in [-0.05, 0) is 34.9 Å². The standard InChI is InChI=1S/C28H30O5/c1-29-25-14-12-24(13-15-25)20-32-28-17-16-26(31-19-23-10-6-3-7-11-23)27(33-28)21-30-18-22-8-4-2-5-9-22/h2-17,26-28H,18-21H2,1H3/t26-,27+,28-/m0/s1. The molecule has 0 N–H and O–H groups in total. The third-order valence-corrected chi connectivity index (χ3v) is 5.39. The van der Waals surface area contributed by atoms with Crippen LogP contribution in [0.15, 0.2) is 97.1 Å². The van der Waals surface area contributed by atoms with Crippen LogP contribution in [0.3, 0.4) is 0 Å². The van der Waals surface area contributed by atoms with E-state index in [4.69, 9.17) is 23.7 Å². The van der Waals surface area contributed by atoms with Gasteiger partial charge in [-0.3, -0.25) is 0 Å². The number of ether oxygens (including phenoxy) is 5. The van der Waals surface area contributed by atoms with Crippen molar-refractivity contribution in [2.24, 2.45) is 0 Å². The molecule has 0 radical (unpaired) electrons. The quantitative estimate of drug-likeness (QED) is 0.374. The highest BCUT2D eigenvalue weighted by Gasteiger charge is 2.29. The van der Waals surface area contributed by atoms with Crippen LogP contribution in [-0.2, 0) is 38.8 Å². The topological polar surface area (TPSA) is 46.2 Å². The van der Waals surface area contributed by atoms with E-state index in [0.717, 1.165) is 22.4 Å². The molecule has 0 bridgehead atoms. The van der Waals surface area contributed by atoms with Crippen molar-refractivity contribution in [3.63, 3.8) is 0 Å². The predicted octanol–water partition coefficient (Wildman–Crippen LogP) is 5.30. The molecule has 1 aliphatic heterocycles. The van der Waals surface area contributed by atoms with Crippen molar-refractivity contribution in [3.05, 3.63) is 114 Å². The smallest absolute Gasteiger partial charge is 0.177 e. The SMILES string of the molecule is COc1ccc(CO[C@@H]2C=C[C@H](OCc3ccccc3)[C@@H](COCc3ccccc3)O2)cc1. The van der Waals surface area contributed by atoms with Gasteiger partial charge in [-0.25, -0.2) is 0 Å². The van der Waals surface area contributed by atoms with Gasteiger partial charge in [0.25, 0.3) is 0 Å². The third kappa shape index (κ3) is 7.27. The van der Waals surface area contributed by atoms with Gasteiger partial charge in [-0.2, -0.15) is 0 Å². The van der Waals surface area contributed by atoms with E-state index < -0.39 is 6.29 Å². The summed E-state index contributed by atoms with van der Waals surface area (Å²) in [4.78, 5) is 0. The van der Waals surface area contributed by atoms with E-state index in [1.807, 2.05) is 84.9 Å². The fourth-order valence-corrected chi connectivity index (χ4v) is 3.55. The summed E-state index contributed by atoms with van der Waals surface area (Å²) in [5.74, 6) is 0.821. The molecule has 3 aromatic rings. The molecule has 0 amide bonds. The van der Waals surface area contributed by atoms with Crippen LogP contribution in [0.5, 0.6) is 5.75 Å². The Hall–Kier alpha value is -2.96. The summed E-state index contributed by atoms with van der Waals surface area (Å²) in [6.07, 6.45) is 2.97. The minimum atomic E-state index is -0.464. The van der Waals surface area contributed by atoms with E-state index in [1.54, 1.807) is 7.11 Å². The molecule has 1 aliphatic rings. The largest absolute Gasteiger partial charge is 0.497 e. The first-order valence-electron chi connectivity index (χ1n) is 11.2. The Morgan fingerprint density at radius 3 is 1.94 bits per heavy atom. The summed E-state index contributed by atoms with van der Waals surface area (Å²) in [5, 5.41) is 0. The first kappa shape index (κ1) is 23.2. The maximum atomic E-state index is 6.21. The molecule has 0 spiro atoms. The van der Waals surface area contributed by atoms with Gasteiger partial charge in [-0.15, -0.1) is 0 Å². The van der Waals surface area contributed by atoms with Gasteiger partial charge in [0.2, 0.25) is 0 Å². The molecule has 0 fully saturated rings. The van der Waals surface area contributed by atoms with E-state index in [-0.39, 0.29) is 12.2 Å². The molecule has 33 heavy (non-hydrogen) atoms.